The number of ether oxygens (including phenoxy) is 1. The Morgan fingerprint density at radius 1 is 1.19 bits per heavy atom. The van der Waals surface area contributed by atoms with E-state index >= 15 is 0 Å². The van der Waals surface area contributed by atoms with Crippen LogP contribution in [-0.2, 0) is 11.2 Å². The second-order valence-electron chi connectivity index (χ2n) is 5.11. The third-order valence-electron chi connectivity index (χ3n) is 3.49. The van der Waals surface area contributed by atoms with E-state index in [4.69, 9.17) is 10.5 Å². The third kappa shape index (κ3) is 2.67. The molecule has 0 aromatic heterocycles. The molecule has 0 saturated carbocycles. The zero-order valence-corrected chi connectivity index (χ0v) is 11.6. The first kappa shape index (κ1) is 13.4. The average molecular weight is 286 g/mol. The van der Waals surface area contributed by atoms with E-state index in [1.165, 1.54) is 12.1 Å². The normalized spacial score (nSPS) is 13.5. The number of amides is 1. The maximum absolute atomic E-state index is 13.1. The molecule has 1 heterocycles. The zero-order chi connectivity index (χ0) is 15.0. The Labute approximate surface area is 121 Å². The molecular formula is C16H15FN2O2. The summed E-state index contributed by atoms with van der Waals surface area (Å²) in [5.41, 5.74) is 8.81. The molecule has 3 rings (SSSR count). The van der Waals surface area contributed by atoms with Crippen LogP contribution >= 0.6 is 0 Å². The summed E-state index contributed by atoms with van der Waals surface area (Å²) in [6, 6.07) is 7.85. The first-order valence-corrected chi connectivity index (χ1v) is 6.69. The van der Waals surface area contributed by atoms with Gasteiger partial charge in [-0.3, -0.25) is 4.79 Å². The van der Waals surface area contributed by atoms with Crippen LogP contribution in [0.1, 0.15) is 17.5 Å². The van der Waals surface area contributed by atoms with Gasteiger partial charge in [0, 0.05) is 12.1 Å². The van der Waals surface area contributed by atoms with Crippen molar-refractivity contribution < 1.29 is 13.9 Å². The fourth-order valence-electron chi connectivity index (χ4n) is 2.36. The van der Waals surface area contributed by atoms with E-state index in [1.807, 2.05) is 6.07 Å². The Kier molecular flexibility index (Phi) is 3.25. The number of benzene rings is 2. The number of rotatable bonds is 2. The van der Waals surface area contributed by atoms with Gasteiger partial charge in [-0.2, -0.15) is 0 Å². The molecule has 0 atom stereocenters. The monoisotopic (exact) mass is 286 g/mol. The summed E-state index contributed by atoms with van der Waals surface area (Å²) in [6.07, 6.45) is 1.10. The number of fused-ring (bicyclic) bond motifs is 1. The van der Waals surface area contributed by atoms with Gasteiger partial charge in [0.05, 0.1) is 5.69 Å². The maximum atomic E-state index is 13.1. The van der Waals surface area contributed by atoms with Crippen LogP contribution in [0.4, 0.5) is 15.8 Å². The lowest BCUT2D eigenvalue weighted by Crippen LogP contribution is -2.19. The quantitative estimate of drug-likeness (QED) is 0.832. The fraction of sp³-hybridized carbons (Fsp3) is 0.188. The summed E-state index contributed by atoms with van der Waals surface area (Å²) in [4.78, 5) is 11.4. The van der Waals surface area contributed by atoms with Crippen LogP contribution in [0.15, 0.2) is 30.3 Å². The molecule has 0 saturated heterocycles. The highest BCUT2D eigenvalue weighted by Gasteiger charge is 2.17. The van der Waals surface area contributed by atoms with Crippen molar-refractivity contribution in [1.29, 1.82) is 0 Å². The van der Waals surface area contributed by atoms with Crippen LogP contribution in [0.25, 0.3) is 0 Å². The second kappa shape index (κ2) is 5.09. The number of hydrogen-bond acceptors (Lipinski definition) is 3. The highest BCUT2D eigenvalue weighted by atomic mass is 19.1. The SMILES string of the molecule is Cc1cc(F)ccc1Oc1cc2c(cc1N)NC(=O)CC2. The van der Waals surface area contributed by atoms with E-state index in [1.54, 1.807) is 19.1 Å². The lowest BCUT2D eigenvalue weighted by Gasteiger charge is -2.19. The predicted octanol–water partition coefficient (Wildman–Crippen LogP) is 3.39. The minimum absolute atomic E-state index is 0.00931. The lowest BCUT2D eigenvalue weighted by atomic mass is 10.0. The first-order chi connectivity index (χ1) is 10.0. The van der Waals surface area contributed by atoms with Gasteiger partial charge in [0.1, 0.15) is 11.6 Å². The largest absolute Gasteiger partial charge is 0.455 e. The molecule has 1 aliphatic rings. The highest BCUT2D eigenvalue weighted by Crippen LogP contribution is 2.36. The van der Waals surface area contributed by atoms with Crippen molar-refractivity contribution in [3.8, 4) is 11.5 Å². The number of nitrogens with two attached hydrogens (primary N) is 1. The van der Waals surface area contributed by atoms with Gasteiger partial charge in [-0.15, -0.1) is 0 Å². The Hall–Kier alpha value is -2.56. The number of anilines is 2. The molecule has 3 N–H and O–H groups in total. The summed E-state index contributed by atoms with van der Waals surface area (Å²) < 4.78 is 18.9. The molecule has 1 amide bonds. The minimum atomic E-state index is -0.305. The van der Waals surface area contributed by atoms with E-state index in [-0.39, 0.29) is 11.7 Å². The molecule has 0 bridgehead atoms. The molecule has 108 valence electrons. The van der Waals surface area contributed by atoms with Gasteiger partial charge >= 0.3 is 0 Å². The lowest BCUT2D eigenvalue weighted by molar-refractivity contribution is -0.116. The number of nitrogens with one attached hydrogen (secondary N) is 1. The van der Waals surface area contributed by atoms with Gasteiger partial charge in [0.15, 0.2) is 5.75 Å². The second-order valence-corrected chi connectivity index (χ2v) is 5.11. The molecule has 0 spiro atoms. The van der Waals surface area contributed by atoms with Gasteiger partial charge in [-0.1, -0.05) is 0 Å². The molecule has 2 aromatic rings. The van der Waals surface area contributed by atoms with Crippen LogP contribution in [0.2, 0.25) is 0 Å². The summed E-state index contributed by atoms with van der Waals surface area (Å²) >= 11 is 0. The summed E-state index contributed by atoms with van der Waals surface area (Å²) in [5, 5.41) is 2.79. The van der Waals surface area contributed by atoms with E-state index < -0.39 is 0 Å². The van der Waals surface area contributed by atoms with Crippen LogP contribution in [0.3, 0.4) is 0 Å². The third-order valence-corrected chi connectivity index (χ3v) is 3.49. The molecule has 0 fully saturated rings. The van der Waals surface area contributed by atoms with Gasteiger partial charge in [0.2, 0.25) is 5.91 Å². The van der Waals surface area contributed by atoms with Crippen molar-refractivity contribution in [1.82, 2.24) is 0 Å². The van der Waals surface area contributed by atoms with Crippen LogP contribution in [0, 0.1) is 12.7 Å². The van der Waals surface area contributed by atoms with E-state index in [2.05, 4.69) is 5.32 Å². The van der Waals surface area contributed by atoms with E-state index in [9.17, 15) is 9.18 Å². The van der Waals surface area contributed by atoms with Crippen LogP contribution < -0.4 is 15.8 Å². The number of halogens is 1. The number of carbonyl (C=O) groups is 1. The molecule has 21 heavy (non-hydrogen) atoms. The average Bonchev–Trinajstić information content (AvgIpc) is 2.42. The van der Waals surface area contributed by atoms with E-state index in [0.717, 1.165) is 11.3 Å². The number of aryl methyl sites for hydroxylation is 2. The van der Waals surface area contributed by atoms with Gasteiger partial charge in [0.25, 0.3) is 0 Å². The van der Waals surface area contributed by atoms with Crippen molar-refractivity contribution in [2.75, 3.05) is 11.1 Å². The topological polar surface area (TPSA) is 64.3 Å². The Balaban J connectivity index is 1.94. The maximum Gasteiger partial charge on any atom is 0.224 e. The molecule has 1 aliphatic heterocycles. The first-order valence-electron chi connectivity index (χ1n) is 6.69. The Bertz CT molecular complexity index is 728. The van der Waals surface area contributed by atoms with Crippen molar-refractivity contribution in [2.45, 2.75) is 19.8 Å². The summed E-state index contributed by atoms with van der Waals surface area (Å²) in [6.45, 7) is 1.77. The van der Waals surface area contributed by atoms with E-state index in [0.29, 0.717) is 35.6 Å². The molecule has 2 aromatic carbocycles. The highest BCUT2D eigenvalue weighted by molar-refractivity contribution is 5.94. The number of carbonyl (C=O) groups excluding carboxylic acids is 1. The van der Waals surface area contributed by atoms with Crippen LogP contribution in [0.5, 0.6) is 11.5 Å². The molecule has 0 unspecified atom stereocenters. The van der Waals surface area contributed by atoms with Gasteiger partial charge in [-0.05, 0) is 54.8 Å². The molecule has 0 aliphatic carbocycles. The van der Waals surface area contributed by atoms with Crippen LogP contribution in [-0.4, -0.2) is 5.91 Å². The minimum Gasteiger partial charge on any atom is -0.455 e. The predicted molar refractivity (Wildman–Crippen MR) is 79.0 cm³/mol. The number of nitrogen functional groups attached to an aromatic ring is 1. The number of hydrogen-bond donors (Lipinski definition) is 2. The molecular weight excluding hydrogens is 271 g/mol. The Morgan fingerprint density at radius 3 is 2.76 bits per heavy atom. The zero-order valence-electron chi connectivity index (χ0n) is 11.6. The molecule has 4 nitrogen and oxygen atoms in total. The smallest absolute Gasteiger partial charge is 0.224 e. The van der Waals surface area contributed by atoms with Crippen molar-refractivity contribution in [2.24, 2.45) is 0 Å². The Morgan fingerprint density at radius 2 is 2.00 bits per heavy atom. The summed E-state index contributed by atoms with van der Waals surface area (Å²) in [7, 11) is 0. The van der Waals surface area contributed by atoms with Crippen molar-refractivity contribution in [3.05, 3.63) is 47.3 Å². The van der Waals surface area contributed by atoms with Gasteiger partial charge in [-0.25, -0.2) is 4.39 Å². The fourth-order valence-corrected chi connectivity index (χ4v) is 2.36. The van der Waals surface area contributed by atoms with Crippen molar-refractivity contribution >= 4 is 17.3 Å². The van der Waals surface area contributed by atoms with Crippen molar-refractivity contribution in [3.63, 3.8) is 0 Å². The standard InChI is InChI=1S/C16H15FN2O2/c1-9-6-11(17)3-4-14(9)21-15-7-10-2-5-16(20)19-13(10)8-12(15)18/h3-4,6-8H,2,5,18H2,1H3,(H,19,20). The summed E-state index contributed by atoms with van der Waals surface area (Å²) in [5.74, 6) is 0.758. The van der Waals surface area contributed by atoms with Gasteiger partial charge < -0.3 is 15.8 Å². The molecule has 0 radical (unpaired) electrons. The molecule has 5 heteroatoms.